The number of aromatic nitrogens is 5. The molecule has 5 rings (SSSR count). The Labute approximate surface area is 183 Å². The molecule has 1 N–H and O–H groups in total. The molecule has 0 saturated heterocycles. The summed E-state index contributed by atoms with van der Waals surface area (Å²) >= 11 is 1.58. The first-order valence-corrected chi connectivity index (χ1v) is 10.9. The largest absolute Gasteiger partial charge is 0.302 e. The zero-order valence-electron chi connectivity index (χ0n) is 16.8. The lowest BCUT2D eigenvalue weighted by molar-refractivity contribution is -0.115. The van der Waals surface area contributed by atoms with Crippen LogP contribution < -0.4 is 5.32 Å². The molecule has 0 spiro atoms. The van der Waals surface area contributed by atoms with Crippen LogP contribution in [0.3, 0.4) is 0 Å². The normalized spacial score (nSPS) is 13.7. The van der Waals surface area contributed by atoms with Crippen molar-refractivity contribution in [2.45, 2.75) is 25.9 Å². The molecule has 1 amide bonds. The van der Waals surface area contributed by atoms with E-state index in [1.165, 1.54) is 16.8 Å². The molecule has 0 saturated carbocycles. The van der Waals surface area contributed by atoms with Crippen molar-refractivity contribution in [3.63, 3.8) is 0 Å². The van der Waals surface area contributed by atoms with Crippen molar-refractivity contribution < 1.29 is 4.79 Å². The van der Waals surface area contributed by atoms with Gasteiger partial charge in [0.05, 0.1) is 17.8 Å². The summed E-state index contributed by atoms with van der Waals surface area (Å²) in [5.41, 5.74) is 4.19. The molecule has 0 fully saturated rings. The second-order valence-corrected chi connectivity index (χ2v) is 8.56. The molecule has 4 aromatic rings. The zero-order valence-corrected chi connectivity index (χ0v) is 17.6. The van der Waals surface area contributed by atoms with Gasteiger partial charge in [0.15, 0.2) is 5.13 Å². The maximum absolute atomic E-state index is 12.5. The average Bonchev–Trinajstić information content (AvgIpc) is 3.44. The zero-order chi connectivity index (χ0) is 21.0. The van der Waals surface area contributed by atoms with Crippen LogP contribution in [0, 0.1) is 0 Å². The molecule has 0 aliphatic carbocycles. The van der Waals surface area contributed by atoms with Gasteiger partial charge in [-0.15, -0.1) is 16.4 Å². The average molecular weight is 432 g/mol. The molecule has 0 unspecified atom stereocenters. The number of fused-ring (bicyclic) bond motifs is 1. The van der Waals surface area contributed by atoms with E-state index in [1.807, 2.05) is 30.3 Å². The third-order valence-electron chi connectivity index (χ3n) is 5.22. The SMILES string of the molecule is O=C(Cc1ccc(-n2cnnn2)cc1)Nc1nc2c(s1)CN(Cc1ccccc1)CC2. The Morgan fingerprint density at radius 1 is 1.06 bits per heavy atom. The molecule has 0 bridgehead atoms. The summed E-state index contributed by atoms with van der Waals surface area (Å²) in [6.07, 6.45) is 2.74. The lowest BCUT2D eigenvalue weighted by Gasteiger charge is -2.25. The molecule has 0 radical (unpaired) electrons. The first-order chi connectivity index (χ1) is 15.2. The highest BCUT2D eigenvalue weighted by molar-refractivity contribution is 7.15. The van der Waals surface area contributed by atoms with Crippen LogP contribution in [0.2, 0.25) is 0 Å². The maximum atomic E-state index is 12.5. The van der Waals surface area contributed by atoms with E-state index >= 15 is 0 Å². The second-order valence-electron chi connectivity index (χ2n) is 7.48. The smallest absolute Gasteiger partial charge is 0.230 e. The summed E-state index contributed by atoms with van der Waals surface area (Å²) in [6.45, 7) is 2.78. The number of rotatable bonds is 6. The number of carbonyl (C=O) groups excluding carboxylic acids is 1. The monoisotopic (exact) mass is 431 g/mol. The number of benzene rings is 2. The van der Waals surface area contributed by atoms with Crippen molar-refractivity contribution in [3.05, 3.63) is 82.6 Å². The van der Waals surface area contributed by atoms with Crippen molar-refractivity contribution in [2.24, 2.45) is 0 Å². The highest BCUT2D eigenvalue weighted by Gasteiger charge is 2.21. The van der Waals surface area contributed by atoms with Crippen molar-refractivity contribution in [1.82, 2.24) is 30.1 Å². The Morgan fingerprint density at radius 3 is 2.68 bits per heavy atom. The summed E-state index contributed by atoms with van der Waals surface area (Å²) in [5.74, 6) is -0.0672. The summed E-state index contributed by atoms with van der Waals surface area (Å²) < 4.78 is 1.57. The van der Waals surface area contributed by atoms with E-state index in [4.69, 9.17) is 0 Å². The van der Waals surface area contributed by atoms with Crippen molar-refractivity contribution in [2.75, 3.05) is 11.9 Å². The van der Waals surface area contributed by atoms with E-state index < -0.39 is 0 Å². The van der Waals surface area contributed by atoms with Gasteiger partial charge in [0.25, 0.3) is 0 Å². The van der Waals surface area contributed by atoms with Crippen molar-refractivity contribution >= 4 is 22.4 Å². The predicted octanol–water partition coefficient (Wildman–Crippen LogP) is 2.86. The highest BCUT2D eigenvalue weighted by Crippen LogP contribution is 2.29. The molecule has 8 nitrogen and oxygen atoms in total. The summed E-state index contributed by atoms with van der Waals surface area (Å²) in [5, 5.41) is 14.8. The van der Waals surface area contributed by atoms with Crippen LogP contribution >= 0.6 is 11.3 Å². The molecule has 9 heteroatoms. The molecule has 1 aliphatic rings. The van der Waals surface area contributed by atoms with Gasteiger partial charge in [0.2, 0.25) is 5.91 Å². The van der Waals surface area contributed by atoms with Gasteiger partial charge in [-0.25, -0.2) is 9.67 Å². The number of amides is 1. The van der Waals surface area contributed by atoms with Crippen LogP contribution in [0.25, 0.3) is 5.69 Å². The van der Waals surface area contributed by atoms with Crippen LogP contribution in [-0.2, 0) is 30.7 Å². The summed E-state index contributed by atoms with van der Waals surface area (Å²) in [6, 6.07) is 18.1. The Hall–Kier alpha value is -3.43. The minimum atomic E-state index is -0.0672. The Morgan fingerprint density at radius 2 is 1.90 bits per heavy atom. The van der Waals surface area contributed by atoms with E-state index in [9.17, 15) is 4.79 Å². The van der Waals surface area contributed by atoms with Gasteiger partial charge in [0, 0.05) is 30.9 Å². The topological polar surface area (TPSA) is 88.8 Å². The molecular weight excluding hydrogens is 410 g/mol. The predicted molar refractivity (Wildman–Crippen MR) is 118 cm³/mol. The van der Waals surface area contributed by atoms with Gasteiger partial charge in [0.1, 0.15) is 6.33 Å². The molecule has 2 aromatic heterocycles. The quantitative estimate of drug-likeness (QED) is 0.505. The van der Waals surface area contributed by atoms with Gasteiger partial charge in [-0.3, -0.25) is 9.69 Å². The Kier molecular flexibility index (Phi) is 5.51. The summed E-state index contributed by atoms with van der Waals surface area (Å²) in [7, 11) is 0. The third-order valence-corrected chi connectivity index (χ3v) is 6.22. The van der Waals surface area contributed by atoms with Crippen LogP contribution in [0.1, 0.15) is 21.7 Å². The van der Waals surface area contributed by atoms with Gasteiger partial charge >= 0.3 is 0 Å². The van der Waals surface area contributed by atoms with Gasteiger partial charge in [-0.2, -0.15) is 0 Å². The standard InChI is InChI=1S/C22H21N7OS/c30-21(12-16-6-8-18(9-7-16)29-15-23-26-27-29)25-22-24-19-10-11-28(14-20(19)31-22)13-17-4-2-1-3-5-17/h1-9,15H,10-14H2,(H,24,25,30). The Bertz CT molecular complexity index is 1160. The van der Waals surface area contributed by atoms with Crippen LogP contribution in [0.4, 0.5) is 5.13 Å². The number of tetrazole rings is 1. The van der Waals surface area contributed by atoms with E-state index in [2.05, 4.69) is 55.0 Å². The van der Waals surface area contributed by atoms with Gasteiger partial charge in [-0.1, -0.05) is 42.5 Å². The lowest BCUT2D eigenvalue weighted by atomic mass is 10.1. The first-order valence-electron chi connectivity index (χ1n) is 10.1. The molecule has 3 heterocycles. The molecule has 31 heavy (non-hydrogen) atoms. The van der Waals surface area contributed by atoms with Crippen LogP contribution in [-0.4, -0.2) is 42.5 Å². The van der Waals surface area contributed by atoms with Gasteiger partial charge < -0.3 is 5.32 Å². The number of nitrogens with zero attached hydrogens (tertiary/aromatic N) is 6. The fourth-order valence-electron chi connectivity index (χ4n) is 3.67. The van der Waals surface area contributed by atoms with Crippen LogP contribution in [0.15, 0.2) is 60.9 Å². The molecular formula is C22H21N7OS. The van der Waals surface area contributed by atoms with Crippen LogP contribution in [0.5, 0.6) is 0 Å². The Balaban J connectivity index is 1.18. The first kappa shape index (κ1) is 19.5. The maximum Gasteiger partial charge on any atom is 0.230 e. The number of hydrogen-bond donors (Lipinski definition) is 1. The summed E-state index contributed by atoms with van der Waals surface area (Å²) in [4.78, 5) is 20.8. The number of hydrogen-bond acceptors (Lipinski definition) is 7. The second kappa shape index (κ2) is 8.75. The number of anilines is 1. The number of nitrogens with one attached hydrogen (secondary N) is 1. The molecule has 0 atom stereocenters. The van der Waals surface area contributed by atoms with E-state index in [-0.39, 0.29) is 5.91 Å². The fourth-order valence-corrected chi connectivity index (χ4v) is 4.74. The van der Waals surface area contributed by atoms with Crippen molar-refractivity contribution in [3.8, 4) is 5.69 Å². The lowest BCUT2D eigenvalue weighted by Crippen LogP contribution is -2.29. The third kappa shape index (κ3) is 4.68. The van der Waals surface area contributed by atoms with Crippen molar-refractivity contribution in [1.29, 1.82) is 0 Å². The van der Waals surface area contributed by atoms with Gasteiger partial charge in [-0.05, 0) is 33.7 Å². The minimum Gasteiger partial charge on any atom is -0.302 e. The fraction of sp³-hybridized carbons (Fsp3) is 0.227. The molecule has 2 aromatic carbocycles. The molecule has 1 aliphatic heterocycles. The number of thiazole rings is 1. The molecule has 156 valence electrons. The number of carbonyl (C=O) groups is 1. The van der Waals surface area contributed by atoms with E-state index in [0.29, 0.717) is 11.6 Å². The minimum absolute atomic E-state index is 0.0672. The van der Waals surface area contributed by atoms with E-state index in [0.717, 1.165) is 43.0 Å². The van der Waals surface area contributed by atoms with E-state index in [1.54, 1.807) is 16.0 Å². The highest BCUT2D eigenvalue weighted by atomic mass is 32.1.